The molecule has 1 atom stereocenters. The van der Waals surface area contributed by atoms with Crippen LogP contribution in [0.15, 0.2) is 30.3 Å². The summed E-state index contributed by atoms with van der Waals surface area (Å²) in [6.07, 6.45) is 2.69. The van der Waals surface area contributed by atoms with E-state index in [-0.39, 0.29) is 12.5 Å². The van der Waals surface area contributed by atoms with Crippen LogP contribution in [-0.2, 0) is 14.3 Å². The Labute approximate surface area is 137 Å². The Hall–Kier alpha value is -1.43. The molecule has 0 bridgehead atoms. The molecule has 0 aromatic heterocycles. The summed E-state index contributed by atoms with van der Waals surface area (Å²) in [6, 6.07) is 9.87. The predicted octanol–water partition coefficient (Wildman–Crippen LogP) is 1.53. The first-order valence-electron chi connectivity index (χ1n) is 8.54. The van der Waals surface area contributed by atoms with Crippen molar-refractivity contribution in [1.29, 1.82) is 0 Å². The number of para-hydroxylation sites is 1. The largest absolute Gasteiger partial charge is 0.377 e. The van der Waals surface area contributed by atoms with E-state index in [1.165, 1.54) is 12.8 Å². The maximum absolute atomic E-state index is 12.3. The molecule has 4 rings (SSSR count). The van der Waals surface area contributed by atoms with Gasteiger partial charge in [0.15, 0.2) is 0 Å². The van der Waals surface area contributed by atoms with Crippen molar-refractivity contribution in [3.05, 3.63) is 30.3 Å². The lowest BCUT2D eigenvalue weighted by atomic mass is 10.0. The van der Waals surface area contributed by atoms with Crippen LogP contribution in [0, 0.1) is 5.92 Å². The van der Waals surface area contributed by atoms with Gasteiger partial charge in [0.25, 0.3) is 5.91 Å². The van der Waals surface area contributed by atoms with Crippen molar-refractivity contribution in [2.24, 2.45) is 5.92 Å². The number of carbonyl (C=O) groups is 1. The first-order valence-corrected chi connectivity index (χ1v) is 8.54. The lowest BCUT2D eigenvalue weighted by Crippen LogP contribution is -2.61. The predicted molar refractivity (Wildman–Crippen MR) is 87.5 cm³/mol. The molecule has 1 aliphatic carbocycles. The molecule has 1 spiro atoms. The normalized spacial score (nSPS) is 29.7. The Morgan fingerprint density at radius 1 is 1.17 bits per heavy atom. The number of carbonyl (C=O) groups excluding carboxylic acids is 1. The molecule has 1 amide bonds. The average molecular weight is 316 g/mol. The molecule has 1 aromatic rings. The lowest BCUT2D eigenvalue weighted by molar-refractivity contribution is -0.146. The van der Waals surface area contributed by atoms with E-state index < -0.39 is 5.60 Å². The molecule has 0 N–H and O–H groups in total. The molecule has 0 radical (unpaired) electrons. The van der Waals surface area contributed by atoms with Crippen LogP contribution in [-0.4, -0.2) is 62.4 Å². The molecule has 5 heteroatoms. The van der Waals surface area contributed by atoms with Gasteiger partial charge >= 0.3 is 0 Å². The van der Waals surface area contributed by atoms with Gasteiger partial charge in [0.1, 0.15) is 12.2 Å². The van der Waals surface area contributed by atoms with Crippen LogP contribution < -0.4 is 4.90 Å². The molecule has 2 saturated heterocycles. The Bertz CT molecular complexity index is 561. The molecule has 2 heterocycles. The van der Waals surface area contributed by atoms with E-state index in [0.717, 1.165) is 37.8 Å². The SMILES string of the molecule is O=C1COC2(COCCN(CC3CC3)C2)CN1c1ccccc1. The van der Waals surface area contributed by atoms with E-state index in [1.54, 1.807) is 0 Å². The van der Waals surface area contributed by atoms with Crippen LogP contribution in [0.2, 0.25) is 0 Å². The smallest absolute Gasteiger partial charge is 0.253 e. The molecule has 1 aromatic carbocycles. The molecule has 1 saturated carbocycles. The number of hydrogen-bond donors (Lipinski definition) is 0. The highest BCUT2D eigenvalue weighted by Crippen LogP contribution is 2.32. The number of morpholine rings is 1. The van der Waals surface area contributed by atoms with E-state index in [4.69, 9.17) is 9.47 Å². The quantitative estimate of drug-likeness (QED) is 0.848. The van der Waals surface area contributed by atoms with Crippen molar-refractivity contribution in [2.45, 2.75) is 18.4 Å². The standard InChI is InChI=1S/C18H24N2O3/c21-17-11-23-18(13-20(17)16-4-2-1-3-5-16)12-19(8-9-22-14-18)10-15-6-7-15/h1-5,15H,6-14H2. The number of ether oxygens (including phenoxy) is 2. The van der Waals surface area contributed by atoms with Crippen LogP contribution >= 0.6 is 0 Å². The van der Waals surface area contributed by atoms with Crippen LogP contribution in [0.4, 0.5) is 5.69 Å². The highest BCUT2D eigenvalue weighted by Gasteiger charge is 2.43. The topological polar surface area (TPSA) is 42.0 Å². The summed E-state index contributed by atoms with van der Waals surface area (Å²) >= 11 is 0. The molecule has 3 fully saturated rings. The minimum absolute atomic E-state index is 0.0276. The first kappa shape index (κ1) is 15.1. The van der Waals surface area contributed by atoms with E-state index in [0.29, 0.717) is 13.2 Å². The van der Waals surface area contributed by atoms with Gasteiger partial charge in [-0.15, -0.1) is 0 Å². The zero-order valence-electron chi connectivity index (χ0n) is 13.4. The molecule has 1 unspecified atom stereocenters. The molecule has 2 aliphatic heterocycles. The fraction of sp³-hybridized carbons (Fsp3) is 0.611. The Balaban J connectivity index is 1.52. The molecule has 3 aliphatic rings. The van der Waals surface area contributed by atoms with E-state index >= 15 is 0 Å². The van der Waals surface area contributed by atoms with Crippen molar-refractivity contribution < 1.29 is 14.3 Å². The fourth-order valence-electron chi connectivity index (χ4n) is 3.55. The monoisotopic (exact) mass is 316 g/mol. The zero-order valence-corrected chi connectivity index (χ0v) is 13.4. The summed E-state index contributed by atoms with van der Waals surface area (Å²) in [5, 5.41) is 0. The second-order valence-electron chi connectivity index (χ2n) is 7.02. The van der Waals surface area contributed by atoms with Crippen molar-refractivity contribution >= 4 is 11.6 Å². The Kier molecular flexibility index (Phi) is 4.09. The summed E-state index contributed by atoms with van der Waals surface area (Å²) in [5.41, 5.74) is 0.535. The second-order valence-corrected chi connectivity index (χ2v) is 7.02. The fourth-order valence-corrected chi connectivity index (χ4v) is 3.55. The van der Waals surface area contributed by atoms with Gasteiger partial charge in [0, 0.05) is 25.3 Å². The third-order valence-electron chi connectivity index (χ3n) is 4.96. The minimum Gasteiger partial charge on any atom is -0.377 e. The summed E-state index contributed by atoms with van der Waals surface area (Å²) in [4.78, 5) is 16.6. The van der Waals surface area contributed by atoms with Gasteiger partial charge in [-0.05, 0) is 30.9 Å². The van der Waals surface area contributed by atoms with Gasteiger partial charge in [-0.1, -0.05) is 18.2 Å². The molecule has 23 heavy (non-hydrogen) atoms. The molecule has 124 valence electrons. The summed E-state index contributed by atoms with van der Waals surface area (Å²) in [7, 11) is 0. The van der Waals surface area contributed by atoms with Crippen LogP contribution in [0.25, 0.3) is 0 Å². The Morgan fingerprint density at radius 3 is 2.78 bits per heavy atom. The number of rotatable bonds is 3. The van der Waals surface area contributed by atoms with E-state index in [9.17, 15) is 4.79 Å². The molecular formula is C18H24N2O3. The maximum Gasteiger partial charge on any atom is 0.253 e. The van der Waals surface area contributed by atoms with Crippen LogP contribution in [0.3, 0.4) is 0 Å². The zero-order chi connectivity index (χ0) is 15.7. The van der Waals surface area contributed by atoms with Crippen molar-refractivity contribution in [2.75, 3.05) is 50.9 Å². The number of benzene rings is 1. The van der Waals surface area contributed by atoms with Gasteiger partial charge in [-0.2, -0.15) is 0 Å². The molecular weight excluding hydrogens is 292 g/mol. The van der Waals surface area contributed by atoms with Crippen LogP contribution in [0.1, 0.15) is 12.8 Å². The maximum atomic E-state index is 12.3. The summed E-state index contributed by atoms with van der Waals surface area (Å²) in [5.74, 6) is 0.875. The van der Waals surface area contributed by atoms with Gasteiger partial charge in [0.05, 0.1) is 19.8 Å². The summed E-state index contributed by atoms with van der Waals surface area (Å²) in [6.45, 7) is 4.95. The van der Waals surface area contributed by atoms with Gasteiger partial charge in [-0.3, -0.25) is 9.69 Å². The number of nitrogens with zero attached hydrogens (tertiary/aromatic N) is 2. The highest BCUT2D eigenvalue weighted by molar-refractivity contribution is 5.95. The average Bonchev–Trinajstić information content (AvgIpc) is 3.40. The van der Waals surface area contributed by atoms with Gasteiger partial charge in [-0.25, -0.2) is 0 Å². The van der Waals surface area contributed by atoms with Crippen molar-refractivity contribution in [3.63, 3.8) is 0 Å². The van der Waals surface area contributed by atoms with Crippen molar-refractivity contribution in [1.82, 2.24) is 4.90 Å². The number of amides is 1. The van der Waals surface area contributed by atoms with Gasteiger partial charge in [0.2, 0.25) is 0 Å². The van der Waals surface area contributed by atoms with Crippen LogP contribution in [0.5, 0.6) is 0 Å². The third-order valence-corrected chi connectivity index (χ3v) is 4.96. The third kappa shape index (κ3) is 3.42. The van der Waals surface area contributed by atoms with E-state index in [2.05, 4.69) is 4.90 Å². The van der Waals surface area contributed by atoms with Crippen molar-refractivity contribution in [3.8, 4) is 0 Å². The lowest BCUT2D eigenvalue weighted by Gasteiger charge is -2.43. The Morgan fingerprint density at radius 2 is 2.00 bits per heavy atom. The first-order chi connectivity index (χ1) is 11.2. The second kappa shape index (κ2) is 6.23. The number of anilines is 1. The minimum atomic E-state index is -0.408. The van der Waals surface area contributed by atoms with E-state index in [1.807, 2.05) is 35.2 Å². The molecule has 5 nitrogen and oxygen atoms in total. The van der Waals surface area contributed by atoms with Gasteiger partial charge < -0.3 is 14.4 Å². The highest BCUT2D eigenvalue weighted by atomic mass is 16.6. The summed E-state index contributed by atoms with van der Waals surface area (Å²) < 4.78 is 11.9. The number of hydrogen-bond acceptors (Lipinski definition) is 4.